The Bertz CT molecular complexity index is 1000. The number of amides is 1. The van der Waals surface area contributed by atoms with E-state index in [0.29, 0.717) is 0 Å². The number of fused-ring (bicyclic) bond motifs is 3. The van der Waals surface area contributed by atoms with Crippen molar-refractivity contribution < 1.29 is 27.8 Å². The summed E-state index contributed by atoms with van der Waals surface area (Å²) in [7, 11) is 0. The molecule has 1 unspecified atom stereocenters. The average Bonchev–Trinajstić information content (AvgIpc) is 3.37. The average molecular weight is 416 g/mol. The number of benzene rings is 2. The van der Waals surface area contributed by atoms with E-state index in [4.69, 9.17) is 4.74 Å². The van der Waals surface area contributed by atoms with Crippen LogP contribution in [0.15, 0.2) is 66.9 Å². The highest BCUT2D eigenvalue weighted by atomic mass is 19.4. The number of alkyl carbamates (subject to hydrolysis) is 1. The van der Waals surface area contributed by atoms with Crippen molar-refractivity contribution in [3.05, 3.63) is 83.7 Å². The van der Waals surface area contributed by atoms with Gasteiger partial charge in [-0.1, -0.05) is 48.5 Å². The molecule has 0 bridgehead atoms. The van der Waals surface area contributed by atoms with Crippen LogP contribution in [-0.2, 0) is 10.3 Å². The van der Waals surface area contributed by atoms with E-state index in [1.807, 2.05) is 53.8 Å². The van der Waals surface area contributed by atoms with Gasteiger partial charge in [0.2, 0.25) is 5.54 Å². The van der Waals surface area contributed by atoms with Crippen LogP contribution in [0.3, 0.4) is 0 Å². The van der Waals surface area contributed by atoms with Crippen LogP contribution in [0.25, 0.3) is 11.1 Å². The maximum Gasteiger partial charge on any atom is 0.419 e. The van der Waals surface area contributed by atoms with Crippen LogP contribution in [0, 0.1) is 0 Å². The number of rotatable bonds is 5. The van der Waals surface area contributed by atoms with Gasteiger partial charge >= 0.3 is 12.3 Å². The van der Waals surface area contributed by atoms with E-state index >= 15 is 0 Å². The number of aromatic nitrogens is 1. The lowest BCUT2D eigenvalue weighted by atomic mass is 9.95. The van der Waals surface area contributed by atoms with Gasteiger partial charge in [0.25, 0.3) is 0 Å². The van der Waals surface area contributed by atoms with Gasteiger partial charge in [-0.25, -0.2) is 4.79 Å². The molecule has 156 valence electrons. The summed E-state index contributed by atoms with van der Waals surface area (Å²) >= 11 is 0. The quantitative estimate of drug-likeness (QED) is 0.581. The number of nitrogens with one attached hydrogen (secondary N) is 2. The number of halogens is 3. The normalized spacial score (nSPS) is 15.2. The number of carbonyl (C=O) groups excluding carboxylic acids is 1. The third kappa shape index (κ3) is 3.23. The summed E-state index contributed by atoms with van der Waals surface area (Å²) in [5.41, 5.74) is 0.534. The largest absolute Gasteiger partial charge is 0.449 e. The summed E-state index contributed by atoms with van der Waals surface area (Å²) in [6, 6.07) is 17.8. The Balaban J connectivity index is 1.55. The summed E-state index contributed by atoms with van der Waals surface area (Å²) in [6.07, 6.45) is -4.93. The Morgan fingerprint density at radius 3 is 2.10 bits per heavy atom. The summed E-state index contributed by atoms with van der Waals surface area (Å²) in [4.78, 5) is 14.8. The van der Waals surface area contributed by atoms with Crippen LogP contribution in [0.2, 0.25) is 0 Å². The van der Waals surface area contributed by atoms with Gasteiger partial charge in [-0.15, -0.1) is 0 Å². The van der Waals surface area contributed by atoms with Crippen molar-refractivity contribution in [2.45, 2.75) is 17.6 Å². The van der Waals surface area contributed by atoms with E-state index in [2.05, 4.69) is 4.98 Å². The van der Waals surface area contributed by atoms with Crippen molar-refractivity contribution in [1.82, 2.24) is 10.3 Å². The van der Waals surface area contributed by atoms with E-state index in [1.165, 1.54) is 12.3 Å². The minimum atomic E-state index is -4.95. The molecule has 1 atom stereocenters. The molecule has 0 fully saturated rings. The molecule has 2 aromatic carbocycles. The second kappa shape index (κ2) is 7.53. The van der Waals surface area contributed by atoms with Crippen LogP contribution >= 0.6 is 0 Å². The molecule has 0 radical (unpaired) electrons. The van der Waals surface area contributed by atoms with Crippen molar-refractivity contribution >= 4 is 6.09 Å². The maximum absolute atomic E-state index is 13.8. The molecule has 8 heteroatoms. The number of alkyl halides is 3. The van der Waals surface area contributed by atoms with Crippen molar-refractivity contribution in [3.8, 4) is 11.1 Å². The molecule has 0 aliphatic heterocycles. The summed E-state index contributed by atoms with van der Waals surface area (Å²) < 4.78 is 46.6. The minimum Gasteiger partial charge on any atom is -0.449 e. The zero-order valence-electron chi connectivity index (χ0n) is 15.7. The predicted molar refractivity (Wildman–Crippen MR) is 104 cm³/mol. The number of aromatic amines is 1. The first-order valence-corrected chi connectivity index (χ1v) is 9.32. The van der Waals surface area contributed by atoms with Gasteiger partial charge in [0.05, 0.1) is 12.3 Å². The molecular weight excluding hydrogens is 397 g/mol. The minimum absolute atomic E-state index is 0.135. The number of ether oxygens (including phenoxy) is 1. The molecule has 1 aliphatic carbocycles. The molecule has 30 heavy (non-hydrogen) atoms. The van der Waals surface area contributed by atoms with E-state index in [-0.39, 0.29) is 18.2 Å². The fourth-order valence-corrected chi connectivity index (χ4v) is 3.91. The fraction of sp³-hybridized carbons (Fsp3) is 0.227. The predicted octanol–water partition coefficient (Wildman–Crippen LogP) is 4.30. The first-order valence-electron chi connectivity index (χ1n) is 9.32. The van der Waals surface area contributed by atoms with Crippen LogP contribution in [-0.4, -0.2) is 35.6 Å². The Kier molecular flexibility index (Phi) is 5.03. The van der Waals surface area contributed by atoms with Gasteiger partial charge in [0.1, 0.15) is 6.61 Å². The molecule has 1 aliphatic rings. The van der Waals surface area contributed by atoms with Crippen molar-refractivity contribution in [1.29, 1.82) is 0 Å². The highest BCUT2D eigenvalue weighted by Gasteiger charge is 2.58. The number of aliphatic hydroxyl groups is 1. The maximum atomic E-state index is 13.8. The monoisotopic (exact) mass is 416 g/mol. The lowest BCUT2D eigenvalue weighted by molar-refractivity contribution is -0.210. The van der Waals surface area contributed by atoms with Gasteiger partial charge in [-0.05, 0) is 34.4 Å². The molecule has 0 spiro atoms. The van der Waals surface area contributed by atoms with Crippen LogP contribution in [0.5, 0.6) is 0 Å². The fourth-order valence-electron chi connectivity index (χ4n) is 3.91. The van der Waals surface area contributed by atoms with Crippen LogP contribution in [0.1, 0.15) is 22.7 Å². The standard InChI is InChI=1S/C22H19F3N2O3/c23-22(24,25)21(13-28,19-10-5-11-26-19)27-20(29)30-12-18-16-8-3-1-6-14(16)15-7-2-4-9-17(15)18/h1-11,18,26,28H,12-13H2,(H,27,29). The van der Waals surface area contributed by atoms with Crippen LogP contribution in [0.4, 0.5) is 18.0 Å². The zero-order valence-corrected chi connectivity index (χ0v) is 15.7. The van der Waals surface area contributed by atoms with Crippen LogP contribution < -0.4 is 5.32 Å². The molecule has 0 saturated carbocycles. The third-order valence-electron chi connectivity index (χ3n) is 5.44. The Morgan fingerprint density at radius 1 is 1.00 bits per heavy atom. The highest BCUT2D eigenvalue weighted by molar-refractivity contribution is 5.79. The van der Waals surface area contributed by atoms with Gasteiger partial charge in [0.15, 0.2) is 0 Å². The van der Waals surface area contributed by atoms with Gasteiger partial charge in [-0.2, -0.15) is 13.2 Å². The van der Waals surface area contributed by atoms with Gasteiger partial charge in [-0.3, -0.25) is 5.32 Å². The second-order valence-corrected chi connectivity index (χ2v) is 7.10. The van der Waals surface area contributed by atoms with Crippen molar-refractivity contribution in [2.75, 3.05) is 13.2 Å². The topological polar surface area (TPSA) is 74.4 Å². The van der Waals surface area contributed by atoms with E-state index in [9.17, 15) is 23.1 Å². The molecule has 0 saturated heterocycles. The van der Waals surface area contributed by atoms with Crippen molar-refractivity contribution in [2.24, 2.45) is 0 Å². The summed E-state index contributed by atoms with van der Waals surface area (Å²) in [5.74, 6) is -0.289. The number of H-pyrrole nitrogens is 1. The zero-order chi connectivity index (χ0) is 21.4. The first-order chi connectivity index (χ1) is 14.4. The molecular formula is C22H19F3N2O3. The third-order valence-corrected chi connectivity index (χ3v) is 5.44. The van der Waals surface area contributed by atoms with Crippen molar-refractivity contribution in [3.63, 3.8) is 0 Å². The second-order valence-electron chi connectivity index (χ2n) is 7.10. The first kappa shape index (κ1) is 20.0. The lowest BCUT2D eigenvalue weighted by Gasteiger charge is -2.33. The Hall–Kier alpha value is -3.26. The molecule has 4 rings (SSSR count). The molecule has 1 amide bonds. The number of aliphatic hydroxyl groups excluding tert-OH is 1. The van der Waals surface area contributed by atoms with Gasteiger partial charge in [0, 0.05) is 12.1 Å². The summed E-state index contributed by atoms with van der Waals surface area (Å²) in [5, 5.41) is 11.4. The molecule has 1 heterocycles. The number of carbonyl (C=O) groups is 1. The lowest BCUT2D eigenvalue weighted by Crippen LogP contribution is -2.59. The summed E-state index contributed by atoms with van der Waals surface area (Å²) in [6.45, 7) is -1.51. The number of hydrogen-bond acceptors (Lipinski definition) is 3. The molecule has 3 aromatic rings. The van der Waals surface area contributed by atoms with Gasteiger partial charge < -0.3 is 14.8 Å². The molecule has 5 nitrogen and oxygen atoms in total. The Morgan fingerprint density at radius 2 is 1.60 bits per heavy atom. The van der Waals surface area contributed by atoms with E-state index in [0.717, 1.165) is 28.3 Å². The van der Waals surface area contributed by atoms with E-state index in [1.54, 1.807) is 0 Å². The highest BCUT2D eigenvalue weighted by Crippen LogP contribution is 2.44. The molecule has 1 aromatic heterocycles. The Labute approximate surface area is 170 Å². The number of hydrogen-bond donors (Lipinski definition) is 3. The SMILES string of the molecule is O=C(NC(CO)(c1ccc[nH]1)C(F)(F)F)OCC1c2ccccc2-c2ccccc21. The molecule has 3 N–H and O–H groups in total. The van der Waals surface area contributed by atoms with E-state index < -0.39 is 24.4 Å². The smallest absolute Gasteiger partial charge is 0.419 e.